The van der Waals surface area contributed by atoms with E-state index in [0.717, 1.165) is 12.1 Å². The number of nitrogens with one attached hydrogen (secondary N) is 1. The van der Waals surface area contributed by atoms with E-state index in [2.05, 4.69) is 37.2 Å². The quantitative estimate of drug-likeness (QED) is 0.0401. The Bertz CT molecular complexity index is 1950. The van der Waals surface area contributed by atoms with Crippen molar-refractivity contribution in [2.24, 2.45) is 0 Å². The molecule has 2 aromatic rings. The van der Waals surface area contributed by atoms with Gasteiger partial charge in [-0.2, -0.15) is 0 Å². The van der Waals surface area contributed by atoms with Gasteiger partial charge in [0.25, 0.3) is 5.43 Å². The second-order valence-corrected chi connectivity index (χ2v) is 14.4. The minimum atomic E-state index is -2.99. The Morgan fingerprint density at radius 3 is 2.12 bits per heavy atom. The van der Waals surface area contributed by atoms with Crippen molar-refractivity contribution in [2.45, 2.75) is 33.2 Å². The van der Waals surface area contributed by atoms with Crippen LogP contribution in [0.3, 0.4) is 0 Å². The van der Waals surface area contributed by atoms with Crippen LogP contribution in [0.15, 0.2) is 54.6 Å². The number of rotatable bonds is 15. The first kappa shape index (κ1) is 37.5. The van der Waals surface area contributed by atoms with Crippen molar-refractivity contribution in [1.82, 2.24) is 5.32 Å². The molecule has 0 bridgehead atoms. The normalized spacial score (nSPS) is 11.5. The number of non-ortho nitro benzene ring substituents is 1. The summed E-state index contributed by atoms with van der Waals surface area (Å²) in [4.78, 5) is 60.5. The smallest absolute Gasteiger partial charge is 0.478 e. The predicted molar refractivity (Wildman–Crippen MR) is 184 cm³/mol. The molecule has 4 rings (SSSR count). The van der Waals surface area contributed by atoms with Gasteiger partial charge in [-0.15, -0.1) is 0 Å². The monoisotopic (exact) mass is 825 g/mol. The summed E-state index contributed by atoms with van der Waals surface area (Å²) < 4.78 is 28.3. The molecule has 19 heteroatoms. The largest absolute Gasteiger partial charge is 0.500 e. The molecule has 1 aliphatic carbocycles. The van der Waals surface area contributed by atoms with Crippen LogP contribution < -0.4 is 15.5 Å². The van der Waals surface area contributed by atoms with E-state index in [9.17, 15) is 39.7 Å². The zero-order valence-electron chi connectivity index (χ0n) is 26.2. The fraction of sp³-hybridized carbons (Fsp3) is 0.300. The maximum absolute atomic E-state index is 12.9. The van der Waals surface area contributed by atoms with Crippen molar-refractivity contribution in [1.29, 1.82) is 0 Å². The van der Waals surface area contributed by atoms with Gasteiger partial charge >= 0.3 is 32.2 Å². The lowest BCUT2D eigenvalue weighted by Gasteiger charge is -2.28. The maximum atomic E-state index is 12.9. The number of halogens is 2. The van der Waals surface area contributed by atoms with Gasteiger partial charge in [-0.05, 0) is 70.7 Å². The number of carbonyl (C=O) groups is 2. The van der Waals surface area contributed by atoms with Crippen molar-refractivity contribution >= 4 is 75.1 Å². The lowest BCUT2D eigenvalue weighted by Crippen LogP contribution is -2.46. The zero-order valence-corrected chi connectivity index (χ0v) is 30.4. The lowest BCUT2D eigenvalue weighted by molar-refractivity contribution is -0.386. The molecule has 49 heavy (non-hydrogen) atoms. The number of carbonyl (C=O) groups excluding carboxylic acids is 1. The number of aromatic carboxylic acids is 1. The fourth-order valence-corrected chi connectivity index (χ4v) is 8.88. The Hall–Kier alpha value is -4.27. The van der Waals surface area contributed by atoms with Crippen LogP contribution in [-0.4, -0.2) is 62.2 Å². The first-order chi connectivity index (χ1) is 23.3. The van der Waals surface area contributed by atoms with Gasteiger partial charge in [-0.3, -0.25) is 25.0 Å². The number of hydrogen-bond acceptors (Lipinski definition) is 12. The van der Waals surface area contributed by atoms with Gasteiger partial charge in [0.1, 0.15) is 8.95 Å². The van der Waals surface area contributed by atoms with E-state index in [0.29, 0.717) is 32.3 Å². The van der Waals surface area contributed by atoms with Crippen LogP contribution in [0.4, 0.5) is 16.2 Å². The molecule has 0 atom stereocenters. The standard InChI is InChI=1S/C30H29Br2N3O13Si/c1-4-44-49(45-5-2,46-6-3)13-9-12-33-30(39)48-28-21(35(42)43)15-19-22(16-10-7-8-11-17(16)29(37)38)18-14-20(34(40)41)25(36)23(31)26(18)47-27(19)24(28)32/h7-8,10-11,14-15H,4-6,9,12-13H2,1-3H3,(H,33,39)(H,37,38). The van der Waals surface area contributed by atoms with Crippen molar-refractivity contribution in [2.75, 3.05) is 26.4 Å². The summed E-state index contributed by atoms with van der Waals surface area (Å²) in [5.41, 5.74) is -3.13. The van der Waals surface area contributed by atoms with Gasteiger partial charge in [-0.25, -0.2) is 9.59 Å². The van der Waals surface area contributed by atoms with E-state index >= 15 is 0 Å². The number of fused-ring (bicyclic) bond motifs is 2. The highest BCUT2D eigenvalue weighted by atomic mass is 79.9. The molecule has 2 aromatic carbocycles. The number of nitro groups is 2. The Kier molecular flexibility index (Phi) is 12.2. The molecular formula is C30H29Br2N3O13Si. The van der Waals surface area contributed by atoms with Gasteiger partial charge < -0.3 is 32.9 Å². The summed E-state index contributed by atoms with van der Waals surface area (Å²) in [7, 11) is -2.99. The fourth-order valence-electron chi connectivity index (χ4n) is 5.19. The van der Waals surface area contributed by atoms with Crippen molar-refractivity contribution in [3.05, 3.63) is 81.4 Å². The van der Waals surface area contributed by atoms with Gasteiger partial charge in [0, 0.05) is 61.1 Å². The molecule has 1 amide bonds. The molecule has 0 saturated heterocycles. The Labute approximate surface area is 295 Å². The number of benzene rings is 3. The van der Waals surface area contributed by atoms with E-state index < -0.39 is 53.3 Å². The zero-order chi connectivity index (χ0) is 36.0. The van der Waals surface area contributed by atoms with Crippen LogP contribution >= 0.6 is 31.9 Å². The van der Waals surface area contributed by atoms with Crippen molar-refractivity contribution in [3.8, 4) is 28.2 Å². The first-order valence-corrected chi connectivity index (χ1v) is 18.3. The number of carboxylic acids is 1. The summed E-state index contributed by atoms with van der Waals surface area (Å²) >= 11 is 6.31. The third kappa shape index (κ3) is 7.81. The van der Waals surface area contributed by atoms with E-state index in [4.69, 9.17) is 22.4 Å². The minimum Gasteiger partial charge on any atom is -0.478 e. The van der Waals surface area contributed by atoms with Crippen LogP contribution in [0.25, 0.3) is 33.4 Å². The second kappa shape index (κ2) is 16.0. The molecule has 0 fully saturated rings. The molecule has 1 heterocycles. The van der Waals surface area contributed by atoms with Crippen LogP contribution in [-0.2, 0) is 13.3 Å². The van der Waals surface area contributed by atoms with Crippen molar-refractivity contribution < 1.29 is 47.0 Å². The average Bonchev–Trinajstić information content (AvgIpc) is 3.05. The van der Waals surface area contributed by atoms with E-state index in [1.165, 1.54) is 24.3 Å². The number of ether oxygens (including phenoxy) is 1. The van der Waals surface area contributed by atoms with Crippen LogP contribution in [0.2, 0.25) is 6.04 Å². The highest BCUT2D eigenvalue weighted by Gasteiger charge is 2.40. The average molecular weight is 827 g/mol. The maximum Gasteiger partial charge on any atom is 0.500 e. The van der Waals surface area contributed by atoms with Crippen LogP contribution in [0.5, 0.6) is 5.75 Å². The lowest BCUT2D eigenvalue weighted by atomic mass is 9.90. The third-order valence-corrected chi connectivity index (χ3v) is 11.7. The second-order valence-electron chi connectivity index (χ2n) is 10.1. The van der Waals surface area contributed by atoms with Gasteiger partial charge in [0.05, 0.1) is 15.4 Å². The van der Waals surface area contributed by atoms with E-state index in [-0.39, 0.29) is 54.5 Å². The predicted octanol–water partition coefficient (Wildman–Crippen LogP) is 7.13. The molecule has 2 aliphatic rings. The van der Waals surface area contributed by atoms with Crippen LogP contribution in [0, 0.1) is 20.2 Å². The van der Waals surface area contributed by atoms with Gasteiger partial charge in [0.2, 0.25) is 5.75 Å². The Morgan fingerprint density at radius 1 is 0.939 bits per heavy atom. The van der Waals surface area contributed by atoms with Gasteiger partial charge in [0.15, 0.2) is 11.3 Å². The number of nitro benzene ring substituents is 2. The summed E-state index contributed by atoms with van der Waals surface area (Å²) in [6, 6.07) is 7.93. The molecule has 0 radical (unpaired) electrons. The SMILES string of the molecule is CCO[Si](CCCNC(=O)Oc1c([N+](=O)[O-])cc2c(-c3ccccc3C(=O)O)c3cc([N+](=O)[O-])c(=O)c(Br)c-3oc2c1Br)(OCC)OCC. The van der Waals surface area contributed by atoms with Crippen molar-refractivity contribution in [3.63, 3.8) is 0 Å². The molecule has 0 saturated carbocycles. The van der Waals surface area contributed by atoms with Crippen LogP contribution in [0.1, 0.15) is 37.6 Å². The highest BCUT2D eigenvalue weighted by Crippen LogP contribution is 2.50. The molecule has 0 aromatic heterocycles. The Balaban J connectivity index is 1.85. The molecule has 16 nitrogen and oxygen atoms in total. The topological polar surface area (TPSA) is 220 Å². The Morgan fingerprint density at radius 2 is 1.55 bits per heavy atom. The molecule has 0 unspecified atom stereocenters. The summed E-state index contributed by atoms with van der Waals surface area (Å²) in [6.45, 7) is 6.63. The molecule has 0 spiro atoms. The summed E-state index contributed by atoms with van der Waals surface area (Å²) in [5, 5.41) is 36.6. The minimum absolute atomic E-state index is 0.0130. The third-order valence-electron chi connectivity index (χ3n) is 7.09. The number of nitrogens with zero attached hydrogens (tertiary/aromatic N) is 2. The van der Waals surface area contributed by atoms with E-state index in [1.54, 1.807) is 0 Å². The highest BCUT2D eigenvalue weighted by molar-refractivity contribution is 9.11. The van der Waals surface area contributed by atoms with E-state index in [1.807, 2.05) is 20.8 Å². The number of carboxylic acid groups (broad SMARTS) is 1. The summed E-state index contributed by atoms with van der Waals surface area (Å²) in [5.74, 6) is -2.15. The number of amides is 1. The molecule has 1 aliphatic heterocycles. The molecule has 2 N–H and O–H groups in total. The first-order valence-electron chi connectivity index (χ1n) is 14.7. The molecular weight excluding hydrogens is 798 g/mol. The van der Waals surface area contributed by atoms with Gasteiger partial charge in [-0.1, -0.05) is 18.2 Å². The molecule has 260 valence electrons. The number of hydrogen-bond donors (Lipinski definition) is 2. The summed E-state index contributed by atoms with van der Waals surface area (Å²) in [6.07, 6.45) is -0.677.